The molecule has 160 valence electrons. The highest BCUT2D eigenvalue weighted by molar-refractivity contribution is 7.92. The first-order chi connectivity index (χ1) is 14.9. The lowest BCUT2D eigenvalue weighted by atomic mass is 10.2. The lowest BCUT2D eigenvalue weighted by Crippen LogP contribution is -2.14. The molecule has 0 bridgehead atoms. The average molecular weight is 440 g/mol. The Morgan fingerprint density at radius 3 is 2.84 bits per heavy atom. The van der Waals surface area contributed by atoms with E-state index in [0.29, 0.717) is 22.8 Å². The molecule has 4 rings (SSSR count). The van der Waals surface area contributed by atoms with Crippen molar-refractivity contribution in [2.24, 2.45) is 7.05 Å². The summed E-state index contributed by atoms with van der Waals surface area (Å²) in [6.07, 6.45) is 9.17. The lowest BCUT2D eigenvalue weighted by molar-refractivity contribution is 0.343. The van der Waals surface area contributed by atoms with Crippen molar-refractivity contribution in [3.05, 3.63) is 60.7 Å². The first-order valence-corrected chi connectivity index (χ1v) is 10.7. The minimum absolute atomic E-state index is 0.0353. The summed E-state index contributed by atoms with van der Waals surface area (Å²) in [4.78, 5) is 4.19. The van der Waals surface area contributed by atoms with Crippen molar-refractivity contribution in [3.63, 3.8) is 0 Å². The predicted molar refractivity (Wildman–Crippen MR) is 116 cm³/mol. The van der Waals surface area contributed by atoms with Gasteiger partial charge in [-0.1, -0.05) is 12.2 Å². The first-order valence-electron chi connectivity index (χ1n) is 9.23. The van der Waals surface area contributed by atoms with Gasteiger partial charge < -0.3 is 9.84 Å². The molecule has 3 heterocycles. The monoisotopic (exact) mass is 440 g/mol. The van der Waals surface area contributed by atoms with Crippen molar-refractivity contribution in [1.29, 1.82) is 0 Å². The molecule has 2 N–H and O–H groups in total. The van der Waals surface area contributed by atoms with Crippen LogP contribution in [-0.4, -0.2) is 51.8 Å². The molecule has 0 aliphatic rings. The number of aliphatic hydroxyl groups is 1. The summed E-state index contributed by atoms with van der Waals surface area (Å²) in [6, 6.07) is 6.98. The van der Waals surface area contributed by atoms with Crippen LogP contribution in [0.25, 0.3) is 22.8 Å². The molecule has 0 radical (unpaired) electrons. The highest BCUT2D eigenvalue weighted by Crippen LogP contribution is 2.34. The molecular formula is C20H20N6O4S. The molecule has 4 aromatic rings. The molecule has 0 spiro atoms. The molecule has 11 heteroatoms. The minimum Gasteiger partial charge on any atom is -0.494 e. The number of sulfonamides is 1. The van der Waals surface area contributed by atoms with Crippen molar-refractivity contribution in [2.45, 2.75) is 4.90 Å². The normalized spacial score (nSPS) is 12.0. The number of benzene rings is 1. The number of aliphatic hydroxyl groups excluding tert-OH is 1. The van der Waals surface area contributed by atoms with Gasteiger partial charge in [0.2, 0.25) is 0 Å². The maximum atomic E-state index is 13.1. The average Bonchev–Trinajstić information content (AvgIpc) is 3.41. The highest BCUT2D eigenvalue weighted by Gasteiger charge is 2.22. The van der Waals surface area contributed by atoms with E-state index in [1.54, 1.807) is 60.5 Å². The molecule has 0 saturated carbocycles. The SMILES string of the molecule is COc1ccc2cnn(C)c2c1NS(=O)(=O)c1cnn(-c2cc(/C=C/CO)ccn2)c1. The number of ether oxygens (including phenoxy) is 1. The van der Waals surface area contributed by atoms with Gasteiger partial charge in [-0.25, -0.2) is 18.1 Å². The van der Waals surface area contributed by atoms with E-state index >= 15 is 0 Å². The van der Waals surface area contributed by atoms with E-state index in [9.17, 15) is 8.42 Å². The first kappa shape index (κ1) is 20.6. The molecule has 10 nitrogen and oxygen atoms in total. The van der Waals surface area contributed by atoms with E-state index in [1.807, 2.05) is 0 Å². The third-order valence-electron chi connectivity index (χ3n) is 4.61. The molecule has 1 aromatic carbocycles. The van der Waals surface area contributed by atoms with Crippen molar-refractivity contribution in [2.75, 3.05) is 18.4 Å². The molecular weight excluding hydrogens is 420 g/mol. The molecule has 0 atom stereocenters. The summed E-state index contributed by atoms with van der Waals surface area (Å²) >= 11 is 0. The fourth-order valence-corrected chi connectivity index (χ4v) is 4.14. The number of fused-ring (bicyclic) bond motifs is 1. The summed E-state index contributed by atoms with van der Waals surface area (Å²) < 4.78 is 37.1. The Balaban J connectivity index is 1.69. The van der Waals surface area contributed by atoms with Crippen LogP contribution in [0.1, 0.15) is 5.56 Å². The van der Waals surface area contributed by atoms with Crippen LogP contribution in [0, 0.1) is 0 Å². The maximum absolute atomic E-state index is 13.1. The number of rotatable bonds is 7. The third kappa shape index (κ3) is 4.00. The maximum Gasteiger partial charge on any atom is 0.265 e. The van der Waals surface area contributed by atoms with Gasteiger partial charge >= 0.3 is 0 Å². The molecule has 0 unspecified atom stereocenters. The summed E-state index contributed by atoms with van der Waals surface area (Å²) in [5.74, 6) is 0.810. The minimum atomic E-state index is -3.97. The van der Waals surface area contributed by atoms with Crippen molar-refractivity contribution < 1.29 is 18.3 Å². The van der Waals surface area contributed by atoms with E-state index in [1.165, 1.54) is 24.2 Å². The topological polar surface area (TPSA) is 124 Å². The zero-order chi connectivity index (χ0) is 22.0. The zero-order valence-corrected chi connectivity index (χ0v) is 17.6. The summed E-state index contributed by atoms with van der Waals surface area (Å²) in [5, 5.41) is 18.0. The zero-order valence-electron chi connectivity index (χ0n) is 16.8. The van der Waals surface area contributed by atoms with Gasteiger partial charge in [0.1, 0.15) is 16.3 Å². The smallest absolute Gasteiger partial charge is 0.265 e. The van der Waals surface area contributed by atoms with Crippen LogP contribution in [-0.2, 0) is 17.1 Å². The van der Waals surface area contributed by atoms with Crippen molar-refractivity contribution in [1.82, 2.24) is 24.5 Å². The van der Waals surface area contributed by atoms with Crippen molar-refractivity contribution in [3.8, 4) is 11.6 Å². The van der Waals surface area contributed by atoms with Gasteiger partial charge in [-0.15, -0.1) is 0 Å². The van der Waals surface area contributed by atoms with Gasteiger partial charge in [-0.2, -0.15) is 10.2 Å². The van der Waals surface area contributed by atoms with Gasteiger partial charge in [0.15, 0.2) is 5.82 Å². The second kappa shape index (κ2) is 8.20. The van der Waals surface area contributed by atoms with E-state index in [-0.39, 0.29) is 11.5 Å². The van der Waals surface area contributed by atoms with E-state index < -0.39 is 10.0 Å². The van der Waals surface area contributed by atoms with E-state index in [2.05, 4.69) is 19.9 Å². The molecule has 0 saturated heterocycles. The number of methoxy groups -OCH3 is 1. The predicted octanol–water partition coefficient (Wildman–Crippen LogP) is 1.97. The molecule has 0 fully saturated rings. The van der Waals surface area contributed by atoms with Gasteiger partial charge in [-0.3, -0.25) is 9.40 Å². The molecule has 0 aliphatic carbocycles. The van der Waals surface area contributed by atoms with E-state index in [4.69, 9.17) is 9.84 Å². The summed E-state index contributed by atoms with van der Waals surface area (Å²) in [7, 11) is -0.780. The molecule has 0 amide bonds. The Morgan fingerprint density at radius 2 is 2.06 bits per heavy atom. The second-order valence-corrected chi connectivity index (χ2v) is 8.29. The highest BCUT2D eigenvalue weighted by atomic mass is 32.2. The lowest BCUT2D eigenvalue weighted by Gasteiger charge is -2.13. The van der Waals surface area contributed by atoms with Crippen LogP contribution in [0.3, 0.4) is 0 Å². The van der Waals surface area contributed by atoms with Gasteiger partial charge in [-0.05, 0) is 29.8 Å². The van der Waals surface area contributed by atoms with Crippen LogP contribution in [0.4, 0.5) is 5.69 Å². The van der Waals surface area contributed by atoms with Gasteiger partial charge in [0.25, 0.3) is 10.0 Å². The number of pyridine rings is 1. The van der Waals surface area contributed by atoms with Crippen LogP contribution < -0.4 is 9.46 Å². The van der Waals surface area contributed by atoms with E-state index in [0.717, 1.165) is 10.9 Å². The fourth-order valence-electron chi connectivity index (χ4n) is 3.13. The number of anilines is 1. The quantitative estimate of drug-likeness (QED) is 0.450. The van der Waals surface area contributed by atoms with Gasteiger partial charge in [0, 0.05) is 18.6 Å². The van der Waals surface area contributed by atoms with Gasteiger partial charge in [0.05, 0.1) is 37.8 Å². The van der Waals surface area contributed by atoms with Crippen LogP contribution in [0.15, 0.2) is 60.0 Å². The van der Waals surface area contributed by atoms with Crippen molar-refractivity contribution >= 4 is 32.7 Å². The number of nitrogens with one attached hydrogen (secondary N) is 1. The Hall–Kier alpha value is -3.70. The fraction of sp³-hybridized carbons (Fsp3) is 0.150. The Kier molecular flexibility index (Phi) is 5.44. The summed E-state index contributed by atoms with van der Waals surface area (Å²) in [5.41, 5.74) is 1.69. The Morgan fingerprint density at radius 1 is 1.23 bits per heavy atom. The van der Waals surface area contributed by atoms with Crippen LogP contribution >= 0.6 is 0 Å². The Labute approximate surface area is 178 Å². The Bertz CT molecular complexity index is 1370. The number of hydrogen-bond acceptors (Lipinski definition) is 7. The third-order valence-corrected chi connectivity index (χ3v) is 5.91. The number of aromatic nitrogens is 5. The number of aryl methyl sites for hydroxylation is 1. The van der Waals surface area contributed by atoms with Crippen LogP contribution in [0.2, 0.25) is 0 Å². The molecule has 31 heavy (non-hydrogen) atoms. The standard InChI is InChI=1S/C20H20N6O4S/c1-25-20-15(11-22-25)5-6-17(30-2)19(20)24-31(28,29)16-12-23-26(13-16)18-10-14(4-3-9-27)7-8-21-18/h3-8,10-13,24,27H,9H2,1-2H3/b4-3+. The molecule has 0 aliphatic heterocycles. The number of nitrogens with zero attached hydrogens (tertiary/aromatic N) is 5. The molecule has 3 aromatic heterocycles. The largest absolute Gasteiger partial charge is 0.494 e. The number of hydrogen-bond donors (Lipinski definition) is 2. The second-order valence-electron chi connectivity index (χ2n) is 6.61. The van der Waals surface area contributed by atoms with Crippen LogP contribution in [0.5, 0.6) is 5.75 Å². The summed E-state index contributed by atoms with van der Waals surface area (Å²) in [6.45, 7) is -0.0830.